The summed E-state index contributed by atoms with van der Waals surface area (Å²) < 4.78 is 2.09. The Bertz CT molecular complexity index is 975. The Morgan fingerprint density at radius 2 is 1.80 bits per heavy atom. The molecular weight excluding hydrogens is 353 g/mol. The van der Waals surface area contributed by atoms with Crippen molar-refractivity contribution in [3.63, 3.8) is 0 Å². The first-order valence-electron chi connectivity index (χ1n) is 7.88. The smallest absolute Gasteiger partial charge is 0.0954 e. The summed E-state index contributed by atoms with van der Waals surface area (Å²) in [6.45, 7) is 0. The standard InChI is InChI=1S/C20H15Cl2N3/c21-15-6-7-16(19(22)10-15)17-11-24-12-18(17)20(25-9-8-23-13-25)14-4-2-1-3-5-14/h1-13,20,24H/t20-/m1/s1. The molecule has 5 heteroatoms. The van der Waals surface area contributed by atoms with Gasteiger partial charge in [-0.05, 0) is 17.7 Å². The Morgan fingerprint density at radius 3 is 2.52 bits per heavy atom. The molecule has 0 fully saturated rings. The first kappa shape index (κ1) is 16.0. The number of benzene rings is 2. The maximum Gasteiger partial charge on any atom is 0.0954 e. The minimum atomic E-state index is -0.00306. The number of nitrogens with zero attached hydrogens (tertiary/aromatic N) is 2. The van der Waals surface area contributed by atoms with Crippen molar-refractivity contribution in [3.05, 3.63) is 101 Å². The van der Waals surface area contributed by atoms with Crippen LogP contribution in [0, 0.1) is 0 Å². The third kappa shape index (κ3) is 3.09. The molecule has 25 heavy (non-hydrogen) atoms. The molecule has 4 rings (SSSR count). The number of hydrogen-bond donors (Lipinski definition) is 1. The van der Waals surface area contributed by atoms with E-state index in [4.69, 9.17) is 23.2 Å². The number of H-pyrrole nitrogens is 1. The summed E-state index contributed by atoms with van der Waals surface area (Å²) in [5.41, 5.74) is 4.28. The molecule has 1 N–H and O–H groups in total. The zero-order valence-corrected chi connectivity index (χ0v) is 14.7. The highest BCUT2D eigenvalue weighted by molar-refractivity contribution is 6.36. The molecule has 0 aliphatic rings. The molecule has 0 saturated heterocycles. The lowest BCUT2D eigenvalue weighted by atomic mass is 9.94. The molecule has 0 unspecified atom stereocenters. The quantitative estimate of drug-likeness (QED) is 0.484. The fourth-order valence-corrected chi connectivity index (χ4v) is 3.62. The highest BCUT2D eigenvalue weighted by Crippen LogP contribution is 2.38. The summed E-state index contributed by atoms with van der Waals surface area (Å²) >= 11 is 12.5. The number of nitrogens with one attached hydrogen (secondary N) is 1. The van der Waals surface area contributed by atoms with Crippen molar-refractivity contribution in [2.75, 3.05) is 0 Å². The molecule has 2 heterocycles. The fourth-order valence-electron chi connectivity index (χ4n) is 3.11. The van der Waals surface area contributed by atoms with Gasteiger partial charge in [-0.25, -0.2) is 4.98 Å². The number of hydrogen-bond acceptors (Lipinski definition) is 1. The van der Waals surface area contributed by atoms with Crippen molar-refractivity contribution in [2.24, 2.45) is 0 Å². The van der Waals surface area contributed by atoms with E-state index in [1.54, 1.807) is 12.3 Å². The number of imidazole rings is 1. The lowest BCUT2D eigenvalue weighted by Gasteiger charge is -2.20. The second-order valence-electron chi connectivity index (χ2n) is 5.77. The van der Waals surface area contributed by atoms with Gasteiger partial charge in [0.25, 0.3) is 0 Å². The molecule has 2 aromatic carbocycles. The predicted octanol–water partition coefficient (Wildman–Crippen LogP) is 5.82. The van der Waals surface area contributed by atoms with Crippen LogP contribution in [0.3, 0.4) is 0 Å². The summed E-state index contributed by atoms with van der Waals surface area (Å²) in [5, 5.41) is 1.26. The van der Waals surface area contributed by atoms with Gasteiger partial charge >= 0.3 is 0 Å². The van der Waals surface area contributed by atoms with E-state index < -0.39 is 0 Å². The molecule has 0 radical (unpaired) electrons. The van der Waals surface area contributed by atoms with Crippen LogP contribution < -0.4 is 0 Å². The number of halogens is 2. The topological polar surface area (TPSA) is 33.6 Å². The van der Waals surface area contributed by atoms with Crippen LogP contribution in [0.5, 0.6) is 0 Å². The van der Waals surface area contributed by atoms with E-state index in [0.717, 1.165) is 16.7 Å². The van der Waals surface area contributed by atoms with Crippen molar-refractivity contribution >= 4 is 23.2 Å². The van der Waals surface area contributed by atoms with Crippen molar-refractivity contribution in [1.29, 1.82) is 0 Å². The van der Waals surface area contributed by atoms with Crippen molar-refractivity contribution in [2.45, 2.75) is 6.04 Å². The van der Waals surface area contributed by atoms with Gasteiger partial charge in [0.05, 0.1) is 12.4 Å². The van der Waals surface area contributed by atoms with Crippen LogP contribution in [-0.4, -0.2) is 14.5 Å². The summed E-state index contributed by atoms with van der Waals surface area (Å²) in [6, 6.07) is 15.9. The highest BCUT2D eigenvalue weighted by Gasteiger charge is 2.21. The zero-order valence-electron chi connectivity index (χ0n) is 13.2. The lowest BCUT2D eigenvalue weighted by molar-refractivity contribution is 0.679. The molecule has 4 aromatic rings. The summed E-state index contributed by atoms with van der Waals surface area (Å²) in [6.07, 6.45) is 9.57. The van der Waals surface area contributed by atoms with E-state index in [2.05, 4.69) is 26.7 Å². The Hall–Kier alpha value is -2.49. The Kier molecular flexibility index (Phi) is 4.35. The van der Waals surface area contributed by atoms with E-state index in [9.17, 15) is 0 Å². The van der Waals surface area contributed by atoms with Crippen LogP contribution in [0.2, 0.25) is 10.0 Å². The molecule has 0 saturated carbocycles. The molecule has 124 valence electrons. The average molecular weight is 368 g/mol. The average Bonchev–Trinajstić information content (AvgIpc) is 3.29. The molecule has 1 atom stereocenters. The normalized spacial score (nSPS) is 12.2. The Balaban J connectivity index is 1.89. The van der Waals surface area contributed by atoms with Crippen molar-refractivity contribution in [1.82, 2.24) is 14.5 Å². The molecule has 2 aromatic heterocycles. The van der Waals surface area contributed by atoms with Crippen LogP contribution in [0.25, 0.3) is 11.1 Å². The van der Waals surface area contributed by atoms with Crippen LogP contribution >= 0.6 is 23.2 Å². The van der Waals surface area contributed by atoms with Crippen LogP contribution in [-0.2, 0) is 0 Å². The van der Waals surface area contributed by atoms with Gasteiger partial charge in [0.1, 0.15) is 0 Å². The van der Waals surface area contributed by atoms with Gasteiger partial charge in [-0.2, -0.15) is 0 Å². The largest absolute Gasteiger partial charge is 0.367 e. The molecule has 0 bridgehead atoms. The highest BCUT2D eigenvalue weighted by atomic mass is 35.5. The van der Waals surface area contributed by atoms with E-state index in [-0.39, 0.29) is 6.04 Å². The summed E-state index contributed by atoms with van der Waals surface area (Å²) in [7, 11) is 0. The lowest BCUT2D eigenvalue weighted by Crippen LogP contribution is -2.10. The minimum Gasteiger partial charge on any atom is -0.367 e. The summed E-state index contributed by atoms with van der Waals surface area (Å²) in [5.74, 6) is 0. The molecule has 0 aliphatic heterocycles. The SMILES string of the molecule is Clc1ccc(-c2c[nH]cc2[C@@H](c2ccccc2)n2ccnc2)c(Cl)c1. The van der Waals surface area contributed by atoms with Crippen molar-refractivity contribution in [3.8, 4) is 11.1 Å². The van der Waals surface area contributed by atoms with Gasteiger partial charge in [-0.3, -0.25) is 0 Å². The van der Waals surface area contributed by atoms with Gasteiger partial charge in [-0.1, -0.05) is 59.6 Å². The Morgan fingerprint density at radius 1 is 0.960 bits per heavy atom. The maximum absolute atomic E-state index is 6.45. The van der Waals surface area contributed by atoms with E-state index in [1.165, 1.54) is 5.56 Å². The van der Waals surface area contributed by atoms with E-state index in [1.807, 2.05) is 55.2 Å². The van der Waals surface area contributed by atoms with Gasteiger partial charge in [0.15, 0.2) is 0 Å². The second kappa shape index (κ2) is 6.79. The zero-order chi connectivity index (χ0) is 17.2. The number of aromatic amines is 1. The van der Waals surface area contributed by atoms with E-state index in [0.29, 0.717) is 10.0 Å². The number of rotatable bonds is 4. The van der Waals surface area contributed by atoms with Gasteiger partial charge in [0.2, 0.25) is 0 Å². The second-order valence-corrected chi connectivity index (χ2v) is 6.62. The van der Waals surface area contributed by atoms with Crippen LogP contribution in [0.4, 0.5) is 0 Å². The fraction of sp³-hybridized carbons (Fsp3) is 0.0500. The van der Waals surface area contributed by atoms with E-state index >= 15 is 0 Å². The van der Waals surface area contributed by atoms with Gasteiger partial charge < -0.3 is 9.55 Å². The third-order valence-corrected chi connectivity index (χ3v) is 4.78. The summed E-state index contributed by atoms with van der Waals surface area (Å²) in [4.78, 5) is 7.44. The minimum absolute atomic E-state index is 0.00306. The molecular formula is C20H15Cl2N3. The third-order valence-electron chi connectivity index (χ3n) is 4.23. The molecule has 0 amide bonds. The molecule has 0 spiro atoms. The monoisotopic (exact) mass is 367 g/mol. The maximum atomic E-state index is 6.45. The Labute approximate surface area is 155 Å². The van der Waals surface area contributed by atoms with Crippen LogP contribution in [0.1, 0.15) is 17.2 Å². The number of aromatic nitrogens is 3. The van der Waals surface area contributed by atoms with Gasteiger partial charge in [0, 0.05) is 51.5 Å². The first-order valence-corrected chi connectivity index (χ1v) is 8.64. The van der Waals surface area contributed by atoms with Crippen molar-refractivity contribution < 1.29 is 0 Å². The molecule has 0 aliphatic carbocycles. The van der Waals surface area contributed by atoms with Crippen LogP contribution in [0.15, 0.2) is 79.6 Å². The molecule has 3 nitrogen and oxygen atoms in total. The predicted molar refractivity (Wildman–Crippen MR) is 102 cm³/mol. The first-order chi connectivity index (χ1) is 12.2. The van der Waals surface area contributed by atoms with Gasteiger partial charge in [-0.15, -0.1) is 0 Å².